The van der Waals surface area contributed by atoms with Gasteiger partial charge in [0.25, 0.3) is 0 Å². The number of methoxy groups -OCH3 is 2. The third-order valence-electron chi connectivity index (χ3n) is 4.80. The average Bonchev–Trinajstić information content (AvgIpc) is 2.99. The zero-order chi connectivity index (χ0) is 14.6. The number of likely N-dealkylation sites (tertiary alicyclic amines) is 1. The summed E-state index contributed by atoms with van der Waals surface area (Å²) in [7, 11) is 3.36. The van der Waals surface area contributed by atoms with Gasteiger partial charge in [-0.15, -0.1) is 0 Å². The van der Waals surface area contributed by atoms with E-state index in [1.54, 1.807) is 14.2 Å². The van der Waals surface area contributed by atoms with Crippen LogP contribution >= 0.6 is 0 Å². The number of morpholine rings is 1. The van der Waals surface area contributed by atoms with E-state index in [0.29, 0.717) is 12.6 Å². The second-order valence-electron chi connectivity index (χ2n) is 5.90. The maximum absolute atomic E-state index is 6.03. The van der Waals surface area contributed by atoms with Crippen molar-refractivity contribution >= 4 is 0 Å². The third-order valence-corrected chi connectivity index (χ3v) is 4.80. The summed E-state index contributed by atoms with van der Waals surface area (Å²) in [4.78, 5) is 4.96. The summed E-state index contributed by atoms with van der Waals surface area (Å²) >= 11 is 0. The standard InChI is InChI=1S/C14H29N3O3/c1-14(11-15,13(18-2)19-3)17-5-4-12(10-17)16-6-8-20-9-7-16/h12-13H,4-11,15H2,1-3H3. The van der Waals surface area contributed by atoms with Crippen molar-refractivity contribution in [1.82, 2.24) is 9.80 Å². The van der Waals surface area contributed by atoms with E-state index in [2.05, 4.69) is 16.7 Å². The van der Waals surface area contributed by atoms with Crippen LogP contribution in [0.3, 0.4) is 0 Å². The van der Waals surface area contributed by atoms with E-state index in [9.17, 15) is 0 Å². The lowest BCUT2D eigenvalue weighted by Crippen LogP contribution is -2.60. The molecule has 0 spiro atoms. The highest BCUT2D eigenvalue weighted by Gasteiger charge is 2.43. The zero-order valence-corrected chi connectivity index (χ0v) is 13.0. The van der Waals surface area contributed by atoms with E-state index in [1.165, 1.54) is 6.42 Å². The van der Waals surface area contributed by atoms with Gasteiger partial charge in [0.1, 0.15) is 0 Å². The molecule has 6 heteroatoms. The van der Waals surface area contributed by atoms with Crippen LogP contribution < -0.4 is 5.73 Å². The highest BCUT2D eigenvalue weighted by molar-refractivity contribution is 4.97. The molecule has 0 aliphatic carbocycles. The molecule has 2 fully saturated rings. The minimum Gasteiger partial charge on any atom is -0.379 e. The zero-order valence-electron chi connectivity index (χ0n) is 13.0. The molecule has 2 N–H and O–H groups in total. The quantitative estimate of drug-likeness (QED) is 0.679. The molecule has 2 aliphatic rings. The first-order valence-electron chi connectivity index (χ1n) is 7.48. The Morgan fingerprint density at radius 3 is 2.45 bits per heavy atom. The molecule has 2 heterocycles. The van der Waals surface area contributed by atoms with Gasteiger partial charge in [-0.1, -0.05) is 0 Å². The summed E-state index contributed by atoms with van der Waals surface area (Å²) < 4.78 is 16.4. The summed E-state index contributed by atoms with van der Waals surface area (Å²) in [6, 6.07) is 0.596. The molecule has 0 aromatic carbocycles. The molecule has 6 nitrogen and oxygen atoms in total. The molecule has 2 atom stereocenters. The van der Waals surface area contributed by atoms with Crippen molar-refractivity contribution in [3.63, 3.8) is 0 Å². The van der Waals surface area contributed by atoms with Crippen LogP contribution in [0.15, 0.2) is 0 Å². The van der Waals surface area contributed by atoms with Gasteiger partial charge in [-0.05, 0) is 13.3 Å². The number of ether oxygens (including phenoxy) is 3. The van der Waals surface area contributed by atoms with Gasteiger partial charge in [0.15, 0.2) is 6.29 Å². The first-order chi connectivity index (χ1) is 9.65. The average molecular weight is 287 g/mol. The molecule has 118 valence electrons. The van der Waals surface area contributed by atoms with Crippen LogP contribution in [0.5, 0.6) is 0 Å². The predicted octanol–water partition coefficient (Wildman–Crippen LogP) is -0.271. The first-order valence-corrected chi connectivity index (χ1v) is 7.48. The van der Waals surface area contributed by atoms with E-state index >= 15 is 0 Å². The van der Waals surface area contributed by atoms with E-state index < -0.39 is 0 Å². The number of rotatable bonds is 6. The lowest BCUT2D eigenvalue weighted by Gasteiger charge is -2.42. The Balaban J connectivity index is 1.98. The second-order valence-corrected chi connectivity index (χ2v) is 5.90. The smallest absolute Gasteiger partial charge is 0.176 e. The molecule has 2 saturated heterocycles. The SMILES string of the molecule is COC(OC)C(C)(CN)N1CCC(N2CCOCC2)C1. The van der Waals surface area contributed by atoms with Gasteiger partial charge < -0.3 is 19.9 Å². The summed E-state index contributed by atoms with van der Waals surface area (Å²) in [6.45, 7) is 8.50. The van der Waals surface area contributed by atoms with Crippen LogP contribution in [0, 0.1) is 0 Å². The monoisotopic (exact) mass is 287 g/mol. The molecule has 0 saturated carbocycles. The highest BCUT2D eigenvalue weighted by Crippen LogP contribution is 2.28. The van der Waals surface area contributed by atoms with Crippen LogP contribution in [0.25, 0.3) is 0 Å². The summed E-state index contributed by atoms with van der Waals surface area (Å²) in [5.41, 5.74) is 5.75. The van der Waals surface area contributed by atoms with Gasteiger partial charge in [-0.2, -0.15) is 0 Å². The highest BCUT2D eigenvalue weighted by atomic mass is 16.7. The normalized spacial score (nSPS) is 28.9. The van der Waals surface area contributed by atoms with Crippen LogP contribution in [-0.4, -0.2) is 87.8 Å². The Morgan fingerprint density at radius 2 is 1.90 bits per heavy atom. The summed E-state index contributed by atoms with van der Waals surface area (Å²) in [5.74, 6) is 0. The van der Waals surface area contributed by atoms with E-state index in [0.717, 1.165) is 39.4 Å². The fraction of sp³-hybridized carbons (Fsp3) is 1.00. The maximum atomic E-state index is 6.03. The Morgan fingerprint density at radius 1 is 1.25 bits per heavy atom. The van der Waals surface area contributed by atoms with Crippen LogP contribution in [0.1, 0.15) is 13.3 Å². The molecular formula is C14H29N3O3. The minimum absolute atomic E-state index is 0.273. The molecule has 20 heavy (non-hydrogen) atoms. The molecule has 2 aliphatic heterocycles. The van der Waals surface area contributed by atoms with Crippen molar-refractivity contribution in [2.75, 3.05) is 60.2 Å². The lowest BCUT2D eigenvalue weighted by molar-refractivity contribution is -0.178. The Bertz CT molecular complexity index is 295. The van der Waals surface area contributed by atoms with Gasteiger partial charge in [-0.3, -0.25) is 9.80 Å². The summed E-state index contributed by atoms with van der Waals surface area (Å²) in [5, 5.41) is 0. The fourth-order valence-electron chi connectivity index (χ4n) is 3.42. The number of hydrogen-bond acceptors (Lipinski definition) is 6. The fourth-order valence-corrected chi connectivity index (χ4v) is 3.42. The van der Waals surface area contributed by atoms with Gasteiger partial charge in [-0.25, -0.2) is 0 Å². The van der Waals surface area contributed by atoms with Crippen molar-refractivity contribution in [2.45, 2.75) is 31.2 Å². The molecule has 2 unspecified atom stereocenters. The van der Waals surface area contributed by atoms with E-state index in [-0.39, 0.29) is 11.8 Å². The van der Waals surface area contributed by atoms with Crippen LogP contribution in [0.2, 0.25) is 0 Å². The largest absolute Gasteiger partial charge is 0.379 e. The molecule has 0 radical (unpaired) electrons. The molecule has 0 amide bonds. The molecule has 0 aromatic heterocycles. The minimum atomic E-state index is -0.295. The van der Waals surface area contributed by atoms with Crippen molar-refractivity contribution in [1.29, 1.82) is 0 Å². The number of nitrogens with two attached hydrogens (primary N) is 1. The van der Waals surface area contributed by atoms with Crippen molar-refractivity contribution in [3.05, 3.63) is 0 Å². The number of hydrogen-bond donors (Lipinski definition) is 1. The predicted molar refractivity (Wildman–Crippen MR) is 77.6 cm³/mol. The first kappa shape index (κ1) is 16.1. The topological polar surface area (TPSA) is 60.2 Å². The molecule has 2 rings (SSSR count). The molecular weight excluding hydrogens is 258 g/mol. The van der Waals surface area contributed by atoms with Gasteiger partial charge in [0.2, 0.25) is 0 Å². The Kier molecular flexibility index (Phi) is 5.77. The van der Waals surface area contributed by atoms with Crippen molar-refractivity contribution in [2.24, 2.45) is 5.73 Å². The third kappa shape index (κ3) is 3.16. The summed E-state index contributed by atoms with van der Waals surface area (Å²) in [6.07, 6.45) is 0.881. The van der Waals surface area contributed by atoms with E-state index in [4.69, 9.17) is 19.9 Å². The van der Waals surface area contributed by atoms with Crippen LogP contribution in [-0.2, 0) is 14.2 Å². The Labute approximate surface area is 122 Å². The van der Waals surface area contributed by atoms with Gasteiger partial charge in [0.05, 0.1) is 18.8 Å². The molecule has 0 aromatic rings. The van der Waals surface area contributed by atoms with E-state index in [1.807, 2.05) is 0 Å². The number of nitrogens with zero attached hydrogens (tertiary/aromatic N) is 2. The van der Waals surface area contributed by atoms with Crippen LogP contribution in [0.4, 0.5) is 0 Å². The molecule has 0 bridgehead atoms. The van der Waals surface area contributed by atoms with Crippen molar-refractivity contribution in [3.8, 4) is 0 Å². The van der Waals surface area contributed by atoms with Gasteiger partial charge >= 0.3 is 0 Å². The maximum Gasteiger partial charge on any atom is 0.176 e. The lowest BCUT2D eigenvalue weighted by atomic mass is 9.99. The van der Waals surface area contributed by atoms with Gasteiger partial charge in [0, 0.05) is 53.0 Å². The van der Waals surface area contributed by atoms with Crippen molar-refractivity contribution < 1.29 is 14.2 Å². The second kappa shape index (κ2) is 7.15. The Hall–Kier alpha value is -0.240.